The standard InChI is InChI=1S/C29H35N3O7/c1-29(27(36)30-2,28(37)31-39-25-6-4-5-19-38-25)32(3)26(35)23-15-11-21(12-16-23)8-7-20-9-13-22(14-10-20)24(34)17-18-33/h9-16,24-25,33-34H,4-6,17-19H2,1-3H3,(H,30,36)(H,31,37)/t24-,25?,29-/m0/s1. The minimum Gasteiger partial charge on any atom is -0.396 e. The van der Waals surface area contributed by atoms with Crippen molar-refractivity contribution in [3.8, 4) is 11.8 Å². The lowest BCUT2D eigenvalue weighted by Gasteiger charge is -2.36. The van der Waals surface area contributed by atoms with Gasteiger partial charge in [0.05, 0.1) is 6.10 Å². The number of rotatable bonds is 9. The molecular formula is C29H35N3O7. The first kappa shape index (κ1) is 29.8. The Morgan fingerprint density at radius 1 is 1.08 bits per heavy atom. The third-order valence-electron chi connectivity index (χ3n) is 6.69. The topological polar surface area (TPSA) is 137 Å². The van der Waals surface area contributed by atoms with Gasteiger partial charge in [0.25, 0.3) is 17.7 Å². The number of likely N-dealkylation sites (N-methyl/N-ethyl adjacent to an activating group) is 2. The Bertz CT molecular complexity index is 1200. The van der Waals surface area contributed by atoms with Crippen molar-refractivity contribution in [2.45, 2.75) is 50.5 Å². The number of amides is 3. The van der Waals surface area contributed by atoms with Gasteiger partial charge in [-0.15, -0.1) is 0 Å². The van der Waals surface area contributed by atoms with Crippen LogP contribution >= 0.6 is 0 Å². The molecule has 2 aromatic carbocycles. The van der Waals surface area contributed by atoms with Crippen LogP contribution in [0.15, 0.2) is 48.5 Å². The Kier molecular flexibility index (Phi) is 10.6. The predicted octanol–water partition coefficient (Wildman–Crippen LogP) is 1.65. The molecule has 1 aliphatic heterocycles. The summed E-state index contributed by atoms with van der Waals surface area (Å²) in [7, 11) is 2.76. The molecule has 0 saturated carbocycles. The number of aliphatic hydroxyl groups is 2. The van der Waals surface area contributed by atoms with Crippen LogP contribution < -0.4 is 10.8 Å². The van der Waals surface area contributed by atoms with E-state index in [1.54, 1.807) is 48.5 Å². The largest absolute Gasteiger partial charge is 0.396 e. The van der Waals surface area contributed by atoms with Gasteiger partial charge in [0.15, 0.2) is 11.8 Å². The monoisotopic (exact) mass is 537 g/mol. The van der Waals surface area contributed by atoms with Crippen molar-refractivity contribution in [3.63, 3.8) is 0 Å². The van der Waals surface area contributed by atoms with Crippen molar-refractivity contribution in [2.24, 2.45) is 0 Å². The lowest BCUT2D eigenvalue weighted by Crippen LogP contribution is -2.65. The second-order valence-corrected chi connectivity index (χ2v) is 9.34. The van der Waals surface area contributed by atoms with Gasteiger partial charge in [-0.05, 0) is 61.7 Å². The first-order chi connectivity index (χ1) is 18.7. The van der Waals surface area contributed by atoms with Gasteiger partial charge < -0.3 is 25.2 Å². The van der Waals surface area contributed by atoms with Gasteiger partial charge in [0.2, 0.25) is 0 Å². The van der Waals surface area contributed by atoms with E-state index in [1.807, 2.05) is 0 Å². The van der Waals surface area contributed by atoms with Crippen molar-refractivity contribution in [1.29, 1.82) is 0 Å². The molecule has 1 heterocycles. The van der Waals surface area contributed by atoms with E-state index in [0.29, 0.717) is 24.2 Å². The molecule has 3 atom stereocenters. The molecule has 0 radical (unpaired) electrons. The minimum absolute atomic E-state index is 0.0977. The molecule has 0 spiro atoms. The van der Waals surface area contributed by atoms with Crippen molar-refractivity contribution in [1.82, 2.24) is 15.7 Å². The zero-order chi connectivity index (χ0) is 28.4. The highest BCUT2D eigenvalue weighted by atomic mass is 16.8. The van der Waals surface area contributed by atoms with E-state index in [2.05, 4.69) is 22.6 Å². The molecule has 3 amide bonds. The average molecular weight is 538 g/mol. The fraction of sp³-hybridized carbons (Fsp3) is 0.414. The number of nitrogens with one attached hydrogen (secondary N) is 2. The van der Waals surface area contributed by atoms with Gasteiger partial charge in [-0.3, -0.25) is 14.4 Å². The van der Waals surface area contributed by atoms with E-state index in [0.717, 1.165) is 23.3 Å². The molecule has 39 heavy (non-hydrogen) atoms. The molecule has 1 unspecified atom stereocenters. The Morgan fingerprint density at radius 2 is 1.69 bits per heavy atom. The highest BCUT2D eigenvalue weighted by molar-refractivity contribution is 6.12. The Labute approximate surface area is 228 Å². The molecule has 0 aliphatic carbocycles. The third kappa shape index (κ3) is 7.43. The maximum Gasteiger partial charge on any atom is 0.279 e. The molecule has 0 bridgehead atoms. The summed E-state index contributed by atoms with van der Waals surface area (Å²) in [6.45, 7) is 1.77. The summed E-state index contributed by atoms with van der Waals surface area (Å²) in [6, 6.07) is 13.6. The molecule has 1 saturated heterocycles. The van der Waals surface area contributed by atoms with Crippen LogP contribution in [0.4, 0.5) is 0 Å². The number of hydrogen-bond donors (Lipinski definition) is 4. The predicted molar refractivity (Wildman–Crippen MR) is 143 cm³/mol. The Hall–Kier alpha value is -3.75. The highest BCUT2D eigenvalue weighted by Gasteiger charge is 2.47. The van der Waals surface area contributed by atoms with Gasteiger partial charge >= 0.3 is 0 Å². The maximum atomic E-state index is 13.3. The number of ether oxygens (including phenoxy) is 1. The molecule has 0 aromatic heterocycles. The summed E-state index contributed by atoms with van der Waals surface area (Å²) >= 11 is 0. The van der Waals surface area contributed by atoms with Gasteiger partial charge in [-0.25, -0.2) is 10.3 Å². The SMILES string of the molecule is CNC(=O)[C@@](C)(C(=O)NOC1CCCCO1)N(C)C(=O)c1ccc(C#Cc2ccc([C@@H](O)CCO)cc2)cc1. The van der Waals surface area contributed by atoms with Gasteiger partial charge in [0.1, 0.15) is 0 Å². The molecule has 10 nitrogen and oxygen atoms in total. The summed E-state index contributed by atoms with van der Waals surface area (Å²) in [5, 5.41) is 21.4. The second-order valence-electron chi connectivity index (χ2n) is 9.34. The quantitative estimate of drug-likeness (QED) is 0.217. The van der Waals surface area contributed by atoms with E-state index in [-0.39, 0.29) is 18.6 Å². The van der Waals surface area contributed by atoms with E-state index in [9.17, 15) is 19.5 Å². The van der Waals surface area contributed by atoms with Crippen LogP contribution in [0, 0.1) is 11.8 Å². The highest BCUT2D eigenvalue weighted by Crippen LogP contribution is 2.20. The van der Waals surface area contributed by atoms with Crippen LogP contribution in [-0.4, -0.2) is 72.0 Å². The summed E-state index contributed by atoms with van der Waals surface area (Å²) in [5.41, 5.74) is 2.77. The number of nitrogens with zero attached hydrogens (tertiary/aromatic N) is 1. The summed E-state index contributed by atoms with van der Waals surface area (Å²) in [6.07, 6.45) is 1.35. The number of benzene rings is 2. The number of carbonyl (C=O) groups excluding carboxylic acids is 3. The minimum atomic E-state index is -1.89. The van der Waals surface area contributed by atoms with E-state index in [1.165, 1.54) is 21.0 Å². The lowest BCUT2D eigenvalue weighted by molar-refractivity contribution is -0.204. The molecule has 10 heteroatoms. The summed E-state index contributed by atoms with van der Waals surface area (Å²) in [5.74, 6) is 4.03. The number of hydroxylamine groups is 1. The molecule has 4 N–H and O–H groups in total. The number of hydrogen-bond acceptors (Lipinski definition) is 7. The van der Waals surface area contributed by atoms with Gasteiger partial charge in [-0.1, -0.05) is 24.0 Å². The van der Waals surface area contributed by atoms with Crippen molar-refractivity contribution >= 4 is 17.7 Å². The molecule has 1 fully saturated rings. The van der Waals surface area contributed by atoms with Crippen molar-refractivity contribution in [2.75, 3.05) is 27.3 Å². The van der Waals surface area contributed by atoms with Crippen LogP contribution in [0.5, 0.6) is 0 Å². The molecule has 208 valence electrons. The molecule has 1 aliphatic rings. The smallest absolute Gasteiger partial charge is 0.279 e. The summed E-state index contributed by atoms with van der Waals surface area (Å²) < 4.78 is 5.44. The Balaban J connectivity index is 1.69. The zero-order valence-corrected chi connectivity index (χ0v) is 22.4. The Morgan fingerprint density at radius 3 is 2.23 bits per heavy atom. The van der Waals surface area contributed by atoms with E-state index >= 15 is 0 Å². The third-order valence-corrected chi connectivity index (χ3v) is 6.69. The van der Waals surface area contributed by atoms with E-state index < -0.39 is 35.7 Å². The second kappa shape index (κ2) is 13.9. The number of carbonyl (C=O) groups is 3. The molecule has 2 aromatic rings. The normalized spacial score (nSPS) is 17.1. The van der Waals surface area contributed by atoms with E-state index in [4.69, 9.17) is 14.7 Å². The van der Waals surface area contributed by atoms with Crippen LogP contribution in [0.3, 0.4) is 0 Å². The molecule has 3 rings (SSSR count). The van der Waals surface area contributed by atoms with Crippen LogP contribution in [0.2, 0.25) is 0 Å². The lowest BCUT2D eigenvalue weighted by atomic mass is 9.96. The first-order valence-corrected chi connectivity index (χ1v) is 12.8. The van der Waals surface area contributed by atoms with Crippen LogP contribution in [0.25, 0.3) is 0 Å². The number of aliphatic hydroxyl groups excluding tert-OH is 2. The zero-order valence-electron chi connectivity index (χ0n) is 22.4. The average Bonchev–Trinajstić information content (AvgIpc) is 2.98. The maximum absolute atomic E-state index is 13.3. The van der Waals surface area contributed by atoms with Crippen LogP contribution in [-0.2, 0) is 19.2 Å². The molecular weight excluding hydrogens is 502 g/mol. The van der Waals surface area contributed by atoms with Crippen molar-refractivity contribution < 1.29 is 34.2 Å². The fourth-order valence-electron chi connectivity index (χ4n) is 3.99. The van der Waals surface area contributed by atoms with Crippen molar-refractivity contribution in [3.05, 3.63) is 70.8 Å². The van der Waals surface area contributed by atoms with Gasteiger partial charge in [0, 0.05) is 56.8 Å². The van der Waals surface area contributed by atoms with Gasteiger partial charge in [-0.2, -0.15) is 0 Å². The fourth-order valence-corrected chi connectivity index (χ4v) is 3.99. The van der Waals surface area contributed by atoms with Crippen LogP contribution in [0.1, 0.15) is 65.8 Å². The summed E-state index contributed by atoms with van der Waals surface area (Å²) in [4.78, 5) is 45.5. The first-order valence-electron chi connectivity index (χ1n) is 12.8.